The minimum absolute atomic E-state index is 0.127. The molecule has 3 unspecified atom stereocenters. The molecule has 2 aliphatic rings. The fourth-order valence-electron chi connectivity index (χ4n) is 7.13. The van der Waals surface area contributed by atoms with E-state index in [0.29, 0.717) is 11.8 Å². The monoisotopic (exact) mass is 678 g/mol. The quantitative estimate of drug-likeness (QED) is 0.0860. The Morgan fingerprint density at radius 2 is 1.42 bits per heavy atom. The van der Waals surface area contributed by atoms with Gasteiger partial charge in [-0.05, 0) is 96.2 Å². The highest BCUT2D eigenvalue weighted by Crippen LogP contribution is 2.40. The SMILES string of the molecule is C=CCCC(/C=C/N(C(=C)/C=C\C(=C)N(C1=CCC(c2ccccc2)C=C1)C1CC=Cc2ccccc21)c1ccc(-c2ccccc2)cc1)CC=C. The van der Waals surface area contributed by atoms with E-state index in [4.69, 9.17) is 0 Å². The van der Waals surface area contributed by atoms with Gasteiger partial charge in [0.2, 0.25) is 0 Å². The van der Waals surface area contributed by atoms with Gasteiger partial charge >= 0.3 is 0 Å². The van der Waals surface area contributed by atoms with Crippen LogP contribution < -0.4 is 4.90 Å². The van der Waals surface area contributed by atoms with E-state index in [9.17, 15) is 0 Å². The zero-order valence-electron chi connectivity index (χ0n) is 30.2. The lowest BCUT2D eigenvalue weighted by Crippen LogP contribution is -2.28. The van der Waals surface area contributed by atoms with Crippen LogP contribution in [0.3, 0.4) is 0 Å². The molecule has 0 heterocycles. The summed E-state index contributed by atoms with van der Waals surface area (Å²) >= 11 is 0. The Balaban J connectivity index is 1.30. The summed E-state index contributed by atoms with van der Waals surface area (Å²) in [6.07, 6.45) is 28.9. The van der Waals surface area contributed by atoms with E-state index < -0.39 is 0 Å². The van der Waals surface area contributed by atoms with E-state index in [0.717, 1.165) is 49.2 Å². The van der Waals surface area contributed by atoms with Gasteiger partial charge in [-0.15, -0.1) is 13.2 Å². The van der Waals surface area contributed by atoms with Crippen molar-refractivity contribution in [1.29, 1.82) is 0 Å². The van der Waals surface area contributed by atoms with Gasteiger partial charge in [0.25, 0.3) is 0 Å². The summed E-state index contributed by atoms with van der Waals surface area (Å²) in [5, 5.41) is 0. The Labute approximate surface area is 311 Å². The lowest BCUT2D eigenvalue weighted by atomic mass is 9.88. The Hall–Kier alpha value is -5.86. The minimum atomic E-state index is 0.127. The maximum atomic E-state index is 4.68. The molecule has 0 saturated heterocycles. The molecule has 0 bridgehead atoms. The summed E-state index contributed by atoms with van der Waals surface area (Å²) in [6, 6.07) is 38.8. The van der Waals surface area contributed by atoms with Crippen LogP contribution >= 0.6 is 0 Å². The highest BCUT2D eigenvalue weighted by atomic mass is 15.2. The van der Waals surface area contributed by atoms with Crippen molar-refractivity contribution in [2.45, 2.75) is 44.1 Å². The van der Waals surface area contributed by atoms with Crippen molar-refractivity contribution < 1.29 is 0 Å². The molecule has 4 aromatic rings. The third-order valence-corrected chi connectivity index (χ3v) is 9.97. The van der Waals surface area contributed by atoms with Crippen molar-refractivity contribution in [3.05, 3.63) is 230 Å². The van der Waals surface area contributed by atoms with Crippen LogP contribution in [0.15, 0.2) is 213 Å². The van der Waals surface area contributed by atoms with Gasteiger partial charge in [-0.2, -0.15) is 0 Å². The molecule has 2 aliphatic carbocycles. The maximum Gasteiger partial charge on any atom is 0.0631 e. The maximum absolute atomic E-state index is 4.68. The summed E-state index contributed by atoms with van der Waals surface area (Å²) in [7, 11) is 0. The van der Waals surface area contributed by atoms with Crippen LogP contribution in [0.4, 0.5) is 5.69 Å². The van der Waals surface area contributed by atoms with Crippen molar-refractivity contribution in [2.75, 3.05) is 4.90 Å². The van der Waals surface area contributed by atoms with Crippen molar-refractivity contribution in [2.24, 2.45) is 5.92 Å². The average Bonchev–Trinajstić information content (AvgIpc) is 3.20. The molecule has 3 atom stereocenters. The number of fused-ring (bicyclic) bond motifs is 1. The van der Waals surface area contributed by atoms with E-state index in [1.54, 1.807) is 0 Å². The minimum Gasteiger partial charge on any atom is -0.334 e. The van der Waals surface area contributed by atoms with Crippen LogP contribution in [-0.4, -0.2) is 4.90 Å². The van der Waals surface area contributed by atoms with Gasteiger partial charge < -0.3 is 9.80 Å². The Kier molecular flexibility index (Phi) is 12.4. The second kappa shape index (κ2) is 17.9. The standard InChI is InChI=1S/C50H50N2/c1-5-7-18-41(17-6-2)37-38-51(47-33-29-44(30-34-47)42-19-10-8-11-20-42)39(3)27-28-40(4)52(50-26-16-24-46-23-14-15-25-49(46)50)48-35-31-45(32-36-48)43-21-12-9-13-22-43/h5-6,8-16,19-25,27-31,33-38,41,45,50H,1-4,7,17-18,26,32H2/b28-27-,38-37+. The molecule has 2 heteroatoms. The van der Waals surface area contributed by atoms with Crippen molar-refractivity contribution in [3.63, 3.8) is 0 Å². The van der Waals surface area contributed by atoms with Crippen LogP contribution in [0.5, 0.6) is 0 Å². The van der Waals surface area contributed by atoms with Gasteiger partial charge in [-0.25, -0.2) is 0 Å². The van der Waals surface area contributed by atoms with Crippen molar-refractivity contribution >= 4 is 11.8 Å². The van der Waals surface area contributed by atoms with Gasteiger partial charge in [-0.3, -0.25) is 0 Å². The van der Waals surface area contributed by atoms with Gasteiger partial charge in [0.1, 0.15) is 0 Å². The van der Waals surface area contributed by atoms with Gasteiger partial charge in [0, 0.05) is 34.9 Å². The Morgan fingerprint density at radius 1 is 0.731 bits per heavy atom. The molecule has 0 fully saturated rings. The number of hydrogen-bond acceptors (Lipinski definition) is 2. The highest BCUT2D eigenvalue weighted by Gasteiger charge is 2.27. The van der Waals surface area contributed by atoms with Gasteiger partial charge in [0.15, 0.2) is 0 Å². The first-order valence-electron chi connectivity index (χ1n) is 18.4. The Bertz CT molecular complexity index is 1990. The Morgan fingerprint density at radius 3 is 2.13 bits per heavy atom. The van der Waals surface area contributed by atoms with Crippen molar-refractivity contribution in [1.82, 2.24) is 4.90 Å². The normalized spacial score (nSPS) is 17.0. The molecule has 0 aliphatic heterocycles. The number of hydrogen-bond donors (Lipinski definition) is 0. The lowest BCUT2D eigenvalue weighted by molar-refractivity contribution is 0.334. The van der Waals surface area contributed by atoms with Crippen LogP contribution in [0.1, 0.15) is 60.8 Å². The highest BCUT2D eigenvalue weighted by molar-refractivity contribution is 5.68. The predicted molar refractivity (Wildman–Crippen MR) is 224 cm³/mol. The number of benzene rings is 4. The summed E-state index contributed by atoms with van der Waals surface area (Å²) in [6.45, 7) is 17.2. The van der Waals surface area contributed by atoms with Crippen molar-refractivity contribution in [3.8, 4) is 11.1 Å². The summed E-state index contributed by atoms with van der Waals surface area (Å²) in [5.74, 6) is 0.715. The third-order valence-electron chi connectivity index (χ3n) is 9.97. The summed E-state index contributed by atoms with van der Waals surface area (Å²) < 4.78 is 0. The molecule has 4 aromatic carbocycles. The molecular weight excluding hydrogens is 629 g/mol. The topological polar surface area (TPSA) is 6.48 Å². The summed E-state index contributed by atoms with van der Waals surface area (Å²) in [4.78, 5) is 4.59. The molecule has 52 heavy (non-hydrogen) atoms. The predicted octanol–water partition coefficient (Wildman–Crippen LogP) is 13.5. The molecule has 0 radical (unpaired) electrons. The molecular formula is C50H50N2. The number of allylic oxidation sites excluding steroid dienone is 8. The van der Waals surface area contributed by atoms with E-state index in [2.05, 4.69) is 194 Å². The lowest BCUT2D eigenvalue weighted by Gasteiger charge is -2.38. The van der Waals surface area contributed by atoms with E-state index in [1.165, 1.54) is 33.5 Å². The number of nitrogens with zero attached hydrogens (tertiary/aromatic N) is 2. The van der Waals surface area contributed by atoms with Crippen LogP contribution in [-0.2, 0) is 0 Å². The molecule has 0 spiro atoms. The number of anilines is 1. The first-order chi connectivity index (χ1) is 25.6. The largest absolute Gasteiger partial charge is 0.334 e. The van der Waals surface area contributed by atoms with E-state index in [1.807, 2.05) is 18.2 Å². The first kappa shape index (κ1) is 35.9. The molecule has 0 N–H and O–H groups in total. The van der Waals surface area contributed by atoms with Gasteiger partial charge in [-0.1, -0.05) is 153 Å². The van der Waals surface area contributed by atoms with Crippen LogP contribution in [0.2, 0.25) is 0 Å². The zero-order valence-corrected chi connectivity index (χ0v) is 30.2. The third kappa shape index (κ3) is 8.89. The molecule has 0 saturated carbocycles. The fraction of sp³-hybridized carbons (Fsp3) is 0.160. The smallest absolute Gasteiger partial charge is 0.0631 e. The van der Waals surface area contributed by atoms with E-state index in [-0.39, 0.29) is 6.04 Å². The molecule has 2 nitrogen and oxygen atoms in total. The zero-order chi connectivity index (χ0) is 36.1. The number of rotatable bonds is 16. The second-order valence-corrected chi connectivity index (χ2v) is 13.5. The molecule has 0 amide bonds. The van der Waals surface area contributed by atoms with Crippen LogP contribution in [0, 0.1) is 5.92 Å². The average molecular weight is 679 g/mol. The molecule has 6 rings (SSSR count). The first-order valence-corrected chi connectivity index (χ1v) is 18.4. The van der Waals surface area contributed by atoms with E-state index >= 15 is 0 Å². The second-order valence-electron chi connectivity index (χ2n) is 13.5. The summed E-state index contributed by atoms with van der Waals surface area (Å²) in [5.41, 5.74) is 10.3. The van der Waals surface area contributed by atoms with Gasteiger partial charge in [0.05, 0.1) is 6.04 Å². The fourth-order valence-corrected chi connectivity index (χ4v) is 7.13. The molecule has 0 aromatic heterocycles. The molecule has 260 valence electrons. The van der Waals surface area contributed by atoms with Crippen LogP contribution in [0.25, 0.3) is 17.2 Å².